The molecule has 1 aliphatic carbocycles. The van der Waals surface area contributed by atoms with E-state index in [-0.39, 0.29) is 0 Å². The van der Waals surface area contributed by atoms with Crippen LogP contribution in [0.2, 0.25) is 5.15 Å². The Morgan fingerprint density at radius 2 is 1.94 bits per heavy atom. The van der Waals surface area contributed by atoms with Crippen molar-refractivity contribution in [1.82, 2.24) is 10.2 Å². The van der Waals surface area contributed by atoms with Crippen molar-refractivity contribution in [2.75, 3.05) is 5.32 Å². The van der Waals surface area contributed by atoms with Gasteiger partial charge in [-0.2, -0.15) is 0 Å². The summed E-state index contributed by atoms with van der Waals surface area (Å²) in [7, 11) is 0. The normalized spacial score (nSPS) is 22.8. The summed E-state index contributed by atoms with van der Waals surface area (Å²) in [5.74, 6) is 0.889. The fourth-order valence-corrected chi connectivity index (χ4v) is 2.91. The first-order valence-electron chi connectivity index (χ1n) is 6.65. The molecule has 0 bridgehead atoms. The van der Waals surface area contributed by atoms with Crippen LogP contribution in [0.1, 0.15) is 50.7 Å². The van der Waals surface area contributed by atoms with Gasteiger partial charge in [-0.3, -0.25) is 0 Å². The number of aromatic nitrogens is 2. The molecule has 0 amide bonds. The zero-order valence-corrected chi connectivity index (χ0v) is 12.4. The summed E-state index contributed by atoms with van der Waals surface area (Å²) >= 11 is 5.97. The Bertz CT molecular complexity index is 443. The molecule has 1 aromatic rings. The largest absolute Gasteiger partial charge is 0.366 e. The highest BCUT2D eigenvalue weighted by molar-refractivity contribution is 6.30. The molecule has 1 aromatic heterocycles. The van der Waals surface area contributed by atoms with Crippen molar-refractivity contribution >= 4 is 17.4 Å². The summed E-state index contributed by atoms with van der Waals surface area (Å²) in [4.78, 5) is 0. The Hall–Kier alpha value is -0.830. The Morgan fingerprint density at radius 3 is 2.61 bits per heavy atom. The maximum atomic E-state index is 5.97. The van der Waals surface area contributed by atoms with Gasteiger partial charge < -0.3 is 5.32 Å². The molecule has 2 rings (SSSR count). The third kappa shape index (κ3) is 2.94. The highest BCUT2D eigenvalue weighted by Gasteiger charge is 2.28. The van der Waals surface area contributed by atoms with E-state index in [0.29, 0.717) is 16.6 Å². The Balaban J connectivity index is 2.12. The van der Waals surface area contributed by atoms with E-state index < -0.39 is 0 Å². The van der Waals surface area contributed by atoms with Gasteiger partial charge >= 0.3 is 0 Å². The number of rotatable bonds is 2. The van der Waals surface area contributed by atoms with E-state index in [4.69, 9.17) is 11.6 Å². The molecule has 0 aliphatic heterocycles. The predicted octanol–water partition coefficient (Wildman–Crippen LogP) is 4.13. The summed E-state index contributed by atoms with van der Waals surface area (Å²) < 4.78 is 0. The fourth-order valence-electron chi connectivity index (χ4n) is 2.73. The molecule has 1 heterocycles. The SMILES string of the molecule is Cc1c(Cl)nnc(NC2CCCC(C)(C)C2)c1C. The van der Waals surface area contributed by atoms with Gasteiger partial charge in [-0.15, -0.1) is 10.2 Å². The van der Waals surface area contributed by atoms with Crippen molar-refractivity contribution in [3.63, 3.8) is 0 Å². The van der Waals surface area contributed by atoms with Gasteiger partial charge in [0, 0.05) is 6.04 Å². The Labute approximate surface area is 114 Å². The molecule has 1 fully saturated rings. The lowest BCUT2D eigenvalue weighted by Gasteiger charge is -2.36. The second-order valence-electron chi connectivity index (χ2n) is 6.19. The van der Waals surface area contributed by atoms with E-state index in [2.05, 4.69) is 29.4 Å². The second-order valence-corrected chi connectivity index (χ2v) is 6.55. The average Bonchev–Trinajstić information content (AvgIpc) is 2.29. The number of hydrogen-bond donors (Lipinski definition) is 1. The summed E-state index contributed by atoms with van der Waals surface area (Å²) in [6.45, 7) is 8.72. The van der Waals surface area contributed by atoms with Crippen molar-refractivity contribution in [2.24, 2.45) is 5.41 Å². The smallest absolute Gasteiger partial charge is 0.155 e. The van der Waals surface area contributed by atoms with Gasteiger partial charge in [0.25, 0.3) is 0 Å². The van der Waals surface area contributed by atoms with E-state index in [1.54, 1.807) is 0 Å². The summed E-state index contributed by atoms with van der Waals surface area (Å²) in [5, 5.41) is 12.2. The fraction of sp³-hybridized carbons (Fsp3) is 0.714. The first-order chi connectivity index (χ1) is 8.39. The van der Waals surface area contributed by atoms with E-state index in [1.165, 1.54) is 25.7 Å². The second kappa shape index (κ2) is 5.04. The molecule has 1 saturated carbocycles. The Kier molecular flexibility index (Phi) is 3.81. The lowest BCUT2D eigenvalue weighted by Crippen LogP contribution is -2.32. The average molecular weight is 268 g/mol. The maximum Gasteiger partial charge on any atom is 0.155 e. The molecule has 18 heavy (non-hydrogen) atoms. The minimum Gasteiger partial charge on any atom is -0.366 e. The van der Waals surface area contributed by atoms with Crippen LogP contribution in [-0.2, 0) is 0 Å². The molecule has 1 N–H and O–H groups in total. The molecular weight excluding hydrogens is 246 g/mol. The van der Waals surface area contributed by atoms with Gasteiger partial charge in [0.15, 0.2) is 11.0 Å². The first-order valence-corrected chi connectivity index (χ1v) is 7.03. The molecule has 0 radical (unpaired) electrons. The van der Waals surface area contributed by atoms with E-state index >= 15 is 0 Å². The maximum absolute atomic E-state index is 5.97. The monoisotopic (exact) mass is 267 g/mol. The number of hydrogen-bond acceptors (Lipinski definition) is 3. The van der Waals surface area contributed by atoms with Crippen molar-refractivity contribution in [3.8, 4) is 0 Å². The minimum atomic E-state index is 0.429. The molecule has 0 spiro atoms. The third-order valence-electron chi connectivity index (χ3n) is 4.01. The topological polar surface area (TPSA) is 37.8 Å². The van der Waals surface area contributed by atoms with Crippen molar-refractivity contribution in [2.45, 2.75) is 59.4 Å². The lowest BCUT2D eigenvalue weighted by molar-refractivity contribution is 0.229. The van der Waals surface area contributed by atoms with Gasteiger partial charge in [0.1, 0.15) is 0 Å². The van der Waals surface area contributed by atoms with Crippen LogP contribution in [0.15, 0.2) is 0 Å². The third-order valence-corrected chi connectivity index (χ3v) is 4.37. The van der Waals surface area contributed by atoms with Gasteiger partial charge in [0.2, 0.25) is 0 Å². The lowest BCUT2D eigenvalue weighted by atomic mass is 9.75. The highest BCUT2D eigenvalue weighted by atomic mass is 35.5. The number of nitrogens with one attached hydrogen (secondary N) is 1. The molecule has 0 aromatic carbocycles. The van der Waals surface area contributed by atoms with Gasteiger partial charge in [-0.05, 0) is 49.7 Å². The van der Waals surface area contributed by atoms with Gasteiger partial charge in [-0.25, -0.2) is 0 Å². The molecule has 0 saturated heterocycles. The molecule has 100 valence electrons. The van der Waals surface area contributed by atoms with Crippen molar-refractivity contribution < 1.29 is 0 Å². The number of nitrogens with zero attached hydrogens (tertiary/aromatic N) is 2. The van der Waals surface area contributed by atoms with Crippen LogP contribution in [0, 0.1) is 19.3 Å². The number of halogens is 1. The van der Waals surface area contributed by atoms with Crippen LogP contribution in [0.3, 0.4) is 0 Å². The van der Waals surface area contributed by atoms with Crippen LogP contribution in [0.5, 0.6) is 0 Å². The molecule has 1 unspecified atom stereocenters. The molecular formula is C14H22ClN3. The van der Waals surface area contributed by atoms with Crippen molar-refractivity contribution in [1.29, 1.82) is 0 Å². The minimum absolute atomic E-state index is 0.429. The van der Waals surface area contributed by atoms with E-state index in [9.17, 15) is 0 Å². The molecule has 4 heteroatoms. The van der Waals surface area contributed by atoms with Crippen LogP contribution < -0.4 is 5.32 Å². The van der Waals surface area contributed by atoms with Crippen molar-refractivity contribution in [3.05, 3.63) is 16.3 Å². The van der Waals surface area contributed by atoms with E-state index in [0.717, 1.165) is 16.9 Å². The van der Waals surface area contributed by atoms with Crippen LogP contribution in [0.4, 0.5) is 5.82 Å². The zero-order chi connectivity index (χ0) is 13.3. The van der Waals surface area contributed by atoms with E-state index in [1.807, 2.05) is 13.8 Å². The van der Waals surface area contributed by atoms with Crippen LogP contribution in [-0.4, -0.2) is 16.2 Å². The quantitative estimate of drug-likeness (QED) is 0.876. The number of anilines is 1. The van der Waals surface area contributed by atoms with Crippen LogP contribution in [0.25, 0.3) is 0 Å². The summed E-state index contributed by atoms with van der Waals surface area (Å²) in [6.07, 6.45) is 5.00. The zero-order valence-electron chi connectivity index (χ0n) is 11.7. The first kappa shape index (κ1) is 13.6. The Morgan fingerprint density at radius 1 is 1.22 bits per heavy atom. The predicted molar refractivity (Wildman–Crippen MR) is 76.2 cm³/mol. The molecule has 3 nitrogen and oxygen atoms in total. The van der Waals surface area contributed by atoms with Gasteiger partial charge in [-0.1, -0.05) is 31.9 Å². The highest BCUT2D eigenvalue weighted by Crippen LogP contribution is 2.36. The van der Waals surface area contributed by atoms with Gasteiger partial charge in [0.05, 0.1) is 0 Å². The molecule has 1 atom stereocenters. The molecule has 1 aliphatic rings. The standard InChI is InChI=1S/C14H22ClN3/c1-9-10(2)13(18-17-12(9)15)16-11-6-5-7-14(3,4)8-11/h11H,5-8H2,1-4H3,(H,16,18). The summed E-state index contributed by atoms with van der Waals surface area (Å²) in [5.41, 5.74) is 2.56. The van der Waals surface area contributed by atoms with Crippen LogP contribution >= 0.6 is 11.6 Å². The summed E-state index contributed by atoms with van der Waals surface area (Å²) in [6, 6.07) is 0.502.